The third kappa shape index (κ3) is 2.53. The van der Waals surface area contributed by atoms with Gasteiger partial charge in [0, 0.05) is 33.9 Å². The minimum atomic E-state index is 0.584. The normalized spacial score (nSPS) is 11.1. The van der Waals surface area contributed by atoms with Gasteiger partial charge in [-0.1, -0.05) is 30.3 Å². The maximum absolute atomic E-state index is 9.00. The van der Waals surface area contributed by atoms with E-state index >= 15 is 0 Å². The smallest absolute Gasteiger partial charge is 0.204 e. The van der Waals surface area contributed by atoms with Crippen LogP contribution in [0.4, 0.5) is 0 Å². The van der Waals surface area contributed by atoms with Crippen molar-refractivity contribution >= 4 is 21.8 Å². The Bertz CT molecular complexity index is 1290. The lowest BCUT2D eigenvalue weighted by molar-refractivity contribution is 0.869. The highest BCUT2D eigenvalue weighted by molar-refractivity contribution is 6.09. The second-order valence-corrected chi connectivity index (χ2v) is 6.38. The van der Waals surface area contributed by atoms with E-state index in [9.17, 15) is 0 Å². The Kier molecular flexibility index (Phi) is 3.44. The van der Waals surface area contributed by atoms with Crippen molar-refractivity contribution in [3.05, 3.63) is 77.9 Å². The van der Waals surface area contributed by atoms with Crippen molar-refractivity contribution in [3.8, 4) is 17.5 Å². The Balaban J connectivity index is 1.69. The Morgan fingerprint density at radius 3 is 2.52 bits per heavy atom. The fraction of sp³-hybridized carbons (Fsp3) is 0.0476. The third-order valence-corrected chi connectivity index (χ3v) is 4.80. The van der Waals surface area contributed by atoms with Crippen LogP contribution in [0, 0.1) is 11.3 Å². The van der Waals surface area contributed by atoms with E-state index in [0.717, 1.165) is 28.6 Å². The number of tetrazole rings is 1. The summed E-state index contributed by atoms with van der Waals surface area (Å²) in [6.45, 7) is 0.733. The summed E-state index contributed by atoms with van der Waals surface area (Å²) < 4.78 is 2.30. The molecule has 0 aliphatic carbocycles. The Hall–Kier alpha value is -3.98. The highest BCUT2D eigenvalue weighted by Gasteiger charge is 2.13. The zero-order valence-corrected chi connectivity index (χ0v) is 14.3. The fourth-order valence-corrected chi connectivity index (χ4v) is 3.51. The average Bonchev–Trinajstić information content (AvgIpc) is 3.36. The van der Waals surface area contributed by atoms with Crippen molar-refractivity contribution in [1.82, 2.24) is 25.2 Å². The van der Waals surface area contributed by atoms with Crippen LogP contribution in [0.2, 0.25) is 0 Å². The molecule has 0 atom stereocenters. The van der Waals surface area contributed by atoms with Crippen LogP contribution in [-0.4, -0.2) is 25.2 Å². The van der Waals surface area contributed by atoms with Crippen molar-refractivity contribution in [2.45, 2.75) is 6.54 Å². The van der Waals surface area contributed by atoms with Gasteiger partial charge in [0.25, 0.3) is 0 Å². The summed E-state index contributed by atoms with van der Waals surface area (Å²) in [5.41, 5.74) is 5.07. The number of nitrogens with zero attached hydrogens (tertiary/aromatic N) is 5. The summed E-state index contributed by atoms with van der Waals surface area (Å²) in [5.74, 6) is 0.584. The van der Waals surface area contributed by atoms with Crippen molar-refractivity contribution < 1.29 is 0 Å². The summed E-state index contributed by atoms with van der Waals surface area (Å²) >= 11 is 0. The minimum Gasteiger partial charge on any atom is -0.336 e. The summed E-state index contributed by atoms with van der Waals surface area (Å²) in [7, 11) is 0. The molecule has 0 fully saturated rings. The molecule has 0 saturated heterocycles. The number of fused-ring (bicyclic) bond motifs is 3. The van der Waals surface area contributed by atoms with E-state index in [2.05, 4.69) is 67.7 Å². The number of H-pyrrole nitrogens is 1. The van der Waals surface area contributed by atoms with Gasteiger partial charge in [0.15, 0.2) is 0 Å². The van der Waals surface area contributed by atoms with E-state index in [1.807, 2.05) is 30.3 Å². The van der Waals surface area contributed by atoms with E-state index < -0.39 is 0 Å². The summed E-state index contributed by atoms with van der Waals surface area (Å²) in [6.07, 6.45) is 0. The van der Waals surface area contributed by atoms with Crippen LogP contribution in [0.15, 0.2) is 66.7 Å². The van der Waals surface area contributed by atoms with Crippen LogP contribution in [0.3, 0.4) is 0 Å². The van der Waals surface area contributed by atoms with Crippen LogP contribution < -0.4 is 0 Å². The van der Waals surface area contributed by atoms with Gasteiger partial charge >= 0.3 is 0 Å². The molecule has 3 aromatic carbocycles. The van der Waals surface area contributed by atoms with Gasteiger partial charge in [-0.05, 0) is 47.2 Å². The van der Waals surface area contributed by atoms with E-state index in [-0.39, 0.29) is 0 Å². The first-order valence-electron chi connectivity index (χ1n) is 8.57. The van der Waals surface area contributed by atoms with Crippen molar-refractivity contribution in [2.24, 2.45) is 0 Å². The van der Waals surface area contributed by atoms with Gasteiger partial charge in [-0.2, -0.15) is 10.5 Å². The number of nitriles is 1. The summed E-state index contributed by atoms with van der Waals surface area (Å²) in [6, 6.07) is 24.5. The number of hydrogen-bond acceptors (Lipinski definition) is 4. The predicted molar refractivity (Wildman–Crippen MR) is 103 cm³/mol. The fourth-order valence-electron chi connectivity index (χ4n) is 3.51. The van der Waals surface area contributed by atoms with E-state index in [1.54, 1.807) is 0 Å². The lowest BCUT2D eigenvalue weighted by Crippen LogP contribution is -1.99. The first-order chi connectivity index (χ1) is 13.3. The van der Waals surface area contributed by atoms with Crippen LogP contribution in [0.25, 0.3) is 33.2 Å². The molecule has 6 nitrogen and oxygen atoms in total. The maximum atomic E-state index is 9.00. The lowest BCUT2D eigenvalue weighted by atomic mass is 10.1. The van der Waals surface area contributed by atoms with Gasteiger partial charge in [-0.3, -0.25) is 0 Å². The molecular weight excluding hydrogens is 336 g/mol. The molecule has 27 heavy (non-hydrogen) atoms. The number of nitrogens with one attached hydrogen (secondary N) is 1. The number of aromatic nitrogens is 5. The van der Waals surface area contributed by atoms with Crippen LogP contribution >= 0.6 is 0 Å². The Labute approximate surface area is 154 Å². The molecule has 6 heteroatoms. The highest BCUT2D eigenvalue weighted by atomic mass is 15.5. The molecule has 2 heterocycles. The van der Waals surface area contributed by atoms with E-state index in [1.165, 1.54) is 10.9 Å². The first-order valence-corrected chi connectivity index (χ1v) is 8.57. The predicted octanol–water partition coefficient (Wildman–Crippen LogP) is 3.89. The largest absolute Gasteiger partial charge is 0.336 e. The number of benzene rings is 3. The van der Waals surface area contributed by atoms with Gasteiger partial charge in [-0.25, -0.2) is 0 Å². The van der Waals surface area contributed by atoms with Gasteiger partial charge in [0.2, 0.25) is 5.82 Å². The zero-order valence-electron chi connectivity index (χ0n) is 14.3. The van der Waals surface area contributed by atoms with Crippen LogP contribution in [-0.2, 0) is 6.54 Å². The molecule has 0 saturated carbocycles. The zero-order chi connectivity index (χ0) is 18.2. The van der Waals surface area contributed by atoms with Crippen molar-refractivity contribution in [3.63, 3.8) is 0 Å². The second kappa shape index (κ2) is 6.07. The second-order valence-electron chi connectivity index (χ2n) is 6.38. The number of para-hydroxylation sites is 1. The molecule has 0 radical (unpaired) electrons. The number of aromatic amines is 1. The number of rotatable bonds is 3. The molecule has 5 aromatic rings. The summed E-state index contributed by atoms with van der Waals surface area (Å²) in [5, 5.41) is 25.7. The topological polar surface area (TPSA) is 83.2 Å². The molecule has 0 spiro atoms. The third-order valence-electron chi connectivity index (χ3n) is 4.80. The summed E-state index contributed by atoms with van der Waals surface area (Å²) in [4.78, 5) is 0. The SMILES string of the molecule is N#Cc1ccc(Cn2c3ccccc3c3cc(-c4nn[nH]n4)ccc32)cc1. The molecule has 0 amide bonds. The highest BCUT2D eigenvalue weighted by Crippen LogP contribution is 2.32. The molecule has 1 N–H and O–H groups in total. The Morgan fingerprint density at radius 1 is 0.926 bits per heavy atom. The molecule has 0 aliphatic heterocycles. The van der Waals surface area contributed by atoms with Gasteiger partial charge in [0.05, 0.1) is 11.6 Å². The van der Waals surface area contributed by atoms with Gasteiger partial charge in [-0.15, -0.1) is 10.2 Å². The van der Waals surface area contributed by atoms with Crippen LogP contribution in [0.5, 0.6) is 0 Å². The molecule has 0 aliphatic rings. The monoisotopic (exact) mass is 350 g/mol. The van der Waals surface area contributed by atoms with E-state index in [0.29, 0.717) is 11.4 Å². The average molecular weight is 350 g/mol. The molecule has 2 aromatic heterocycles. The van der Waals surface area contributed by atoms with Crippen LogP contribution in [0.1, 0.15) is 11.1 Å². The molecular formula is C21H14N6. The molecule has 0 unspecified atom stereocenters. The standard InChI is InChI=1S/C21H14N6/c22-12-14-5-7-15(8-6-14)13-27-19-4-2-1-3-17(19)18-11-16(9-10-20(18)27)21-23-25-26-24-21/h1-11H,13H2,(H,23,24,25,26). The Morgan fingerprint density at radius 2 is 1.74 bits per heavy atom. The van der Waals surface area contributed by atoms with Gasteiger partial charge < -0.3 is 4.57 Å². The molecule has 0 bridgehead atoms. The first kappa shape index (κ1) is 15.3. The van der Waals surface area contributed by atoms with Crippen molar-refractivity contribution in [1.29, 1.82) is 5.26 Å². The van der Waals surface area contributed by atoms with Crippen molar-refractivity contribution in [2.75, 3.05) is 0 Å². The quantitative estimate of drug-likeness (QED) is 0.535. The number of hydrogen-bond donors (Lipinski definition) is 1. The maximum Gasteiger partial charge on any atom is 0.204 e. The van der Waals surface area contributed by atoms with Gasteiger partial charge in [0.1, 0.15) is 0 Å². The molecule has 128 valence electrons. The minimum absolute atomic E-state index is 0.584. The van der Waals surface area contributed by atoms with E-state index in [4.69, 9.17) is 5.26 Å². The molecule has 5 rings (SSSR count). The lowest BCUT2D eigenvalue weighted by Gasteiger charge is -2.08.